The molecule has 0 saturated heterocycles. The normalized spacial score (nSPS) is 10.6. The Labute approximate surface area is 166 Å². The molecule has 136 valence electrons. The van der Waals surface area contributed by atoms with Crippen molar-refractivity contribution >= 4 is 50.5 Å². The Balaban J connectivity index is 1.98. The van der Waals surface area contributed by atoms with Crippen LogP contribution in [0.25, 0.3) is 0 Å². The number of thiocarbonyl (C=S) groups is 1. The van der Waals surface area contributed by atoms with Gasteiger partial charge in [0.15, 0.2) is 5.11 Å². The summed E-state index contributed by atoms with van der Waals surface area (Å²) in [6.07, 6.45) is 13.5. The molecule has 1 aromatic carbocycles. The van der Waals surface area contributed by atoms with E-state index in [-0.39, 0.29) is 0 Å². The molecule has 0 aliphatic carbocycles. The molecule has 0 aliphatic heterocycles. The summed E-state index contributed by atoms with van der Waals surface area (Å²) in [7, 11) is 0. The van der Waals surface area contributed by atoms with Crippen molar-refractivity contribution < 1.29 is 0 Å². The van der Waals surface area contributed by atoms with Gasteiger partial charge in [0.1, 0.15) is 0 Å². The van der Waals surface area contributed by atoms with Crippen molar-refractivity contribution in [2.75, 3.05) is 11.9 Å². The largest absolute Gasteiger partial charge is 0.362 e. The summed E-state index contributed by atoms with van der Waals surface area (Å²) >= 11 is 14.9. The van der Waals surface area contributed by atoms with E-state index in [1.807, 2.05) is 18.2 Å². The zero-order valence-electron chi connectivity index (χ0n) is 14.7. The molecular formula is C19H30BrClN2S. The van der Waals surface area contributed by atoms with Gasteiger partial charge >= 0.3 is 0 Å². The second kappa shape index (κ2) is 13.9. The fourth-order valence-electron chi connectivity index (χ4n) is 2.57. The molecule has 5 heteroatoms. The maximum absolute atomic E-state index is 6.17. The third-order valence-electron chi connectivity index (χ3n) is 4.00. The van der Waals surface area contributed by atoms with E-state index in [1.54, 1.807) is 0 Å². The lowest BCUT2D eigenvalue weighted by atomic mass is 10.1. The van der Waals surface area contributed by atoms with Gasteiger partial charge in [-0.15, -0.1) is 0 Å². The molecule has 2 N–H and O–H groups in total. The van der Waals surface area contributed by atoms with E-state index in [9.17, 15) is 0 Å². The highest BCUT2D eigenvalue weighted by Gasteiger charge is 2.03. The van der Waals surface area contributed by atoms with Gasteiger partial charge in [0.05, 0.1) is 10.7 Å². The van der Waals surface area contributed by atoms with Crippen LogP contribution in [-0.4, -0.2) is 11.7 Å². The van der Waals surface area contributed by atoms with Crippen molar-refractivity contribution in [3.05, 3.63) is 27.7 Å². The Kier molecular flexibility index (Phi) is 12.6. The second-order valence-electron chi connectivity index (χ2n) is 6.19. The van der Waals surface area contributed by atoms with Gasteiger partial charge in [0.25, 0.3) is 0 Å². The third kappa shape index (κ3) is 10.5. The molecule has 0 bridgehead atoms. The van der Waals surface area contributed by atoms with Gasteiger partial charge in [0.2, 0.25) is 0 Å². The molecule has 0 heterocycles. The van der Waals surface area contributed by atoms with Crippen LogP contribution in [0.1, 0.15) is 71.1 Å². The summed E-state index contributed by atoms with van der Waals surface area (Å²) in [6.45, 7) is 3.18. The summed E-state index contributed by atoms with van der Waals surface area (Å²) in [5.74, 6) is 0. The molecule has 0 aromatic heterocycles. The predicted molar refractivity (Wildman–Crippen MR) is 115 cm³/mol. The second-order valence-corrected chi connectivity index (χ2v) is 7.92. The summed E-state index contributed by atoms with van der Waals surface area (Å²) < 4.78 is 0.960. The summed E-state index contributed by atoms with van der Waals surface area (Å²) in [5, 5.41) is 7.68. The highest BCUT2D eigenvalue weighted by atomic mass is 79.9. The van der Waals surface area contributed by atoms with E-state index in [0.29, 0.717) is 10.1 Å². The van der Waals surface area contributed by atoms with Crippen molar-refractivity contribution in [3.8, 4) is 0 Å². The van der Waals surface area contributed by atoms with Crippen LogP contribution >= 0.6 is 39.7 Å². The van der Waals surface area contributed by atoms with E-state index >= 15 is 0 Å². The van der Waals surface area contributed by atoms with Crippen molar-refractivity contribution in [2.45, 2.75) is 71.1 Å². The van der Waals surface area contributed by atoms with Crippen LogP contribution in [-0.2, 0) is 0 Å². The highest BCUT2D eigenvalue weighted by molar-refractivity contribution is 9.10. The summed E-state index contributed by atoms with van der Waals surface area (Å²) in [4.78, 5) is 0. The first-order chi connectivity index (χ1) is 11.6. The lowest BCUT2D eigenvalue weighted by Crippen LogP contribution is -2.29. The number of nitrogens with one attached hydrogen (secondary N) is 2. The monoisotopic (exact) mass is 432 g/mol. The number of rotatable bonds is 12. The molecule has 1 rings (SSSR count). The van der Waals surface area contributed by atoms with E-state index in [4.69, 9.17) is 23.8 Å². The van der Waals surface area contributed by atoms with Crippen LogP contribution in [0.4, 0.5) is 5.69 Å². The molecule has 0 radical (unpaired) electrons. The Morgan fingerprint density at radius 1 is 1.00 bits per heavy atom. The van der Waals surface area contributed by atoms with Crippen LogP contribution in [0, 0.1) is 0 Å². The first-order valence-electron chi connectivity index (χ1n) is 9.13. The van der Waals surface area contributed by atoms with Gasteiger partial charge < -0.3 is 10.6 Å². The van der Waals surface area contributed by atoms with Crippen molar-refractivity contribution in [1.82, 2.24) is 5.32 Å². The molecule has 0 amide bonds. The highest BCUT2D eigenvalue weighted by Crippen LogP contribution is 2.25. The quantitative estimate of drug-likeness (QED) is 0.267. The van der Waals surface area contributed by atoms with Gasteiger partial charge in [-0.3, -0.25) is 0 Å². The van der Waals surface area contributed by atoms with Crippen LogP contribution < -0.4 is 10.6 Å². The number of halogens is 2. The maximum atomic E-state index is 6.17. The van der Waals surface area contributed by atoms with Gasteiger partial charge in [0, 0.05) is 11.0 Å². The molecule has 1 aromatic rings. The average Bonchev–Trinajstić information content (AvgIpc) is 2.55. The number of benzene rings is 1. The van der Waals surface area contributed by atoms with Crippen LogP contribution in [0.15, 0.2) is 22.7 Å². The fourth-order valence-corrected chi connectivity index (χ4v) is 3.50. The number of hydrogen-bond acceptors (Lipinski definition) is 1. The average molecular weight is 434 g/mol. The first-order valence-corrected chi connectivity index (χ1v) is 10.7. The van der Waals surface area contributed by atoms with Gasteiger partial charge in [-0.05, 0) is 36.8 Å². The molecule has 0 fully saturated rings. The van der Waals surface area contributed by atoms with Crippen molar-refractivity contribution in [3.63, 3.8) is 0 Å². The van der Waals surface area contributed by atoms with Crippen LogP contribution in [0.2, 0.25) is 5.02 Å². The van der Waals surface area contributed by atoms with Gasteiger partial charge in [-0.1, -0.05) is 92.2 Å². The van der Waals surface area contributed by atoms with Crippen molar-refractivity contribution in [1.29, 1.82) is 0 Å². The molecule has 0 aliphatic rings. The zero-order valence-corrected chi connectivity index (χ0v) is 17.8. The predicted octanol–water partition coefficient (Wildman–Crippen LogP) is 7.31. The molecular weight excluding hydrogens is 404 g/mol. The number of hydrogen-bond donors (Lipinski definition) is 2. The Bertz CT molecular complexity index is 482. The molecule has 0 atom stereocenters. The van der Waals surface area contributed by atoms with E-state index < -0.39 is 0 Å². The minimum absolute atomic E-state index is 0.634. The van der Waals surface area contributed by atoms with Gasteiger partial charge in [-0.25, -0.2) is 0 Å². The zero-order chi connectivity index (χ0) is 17.6. The maximum Gasteiger partial charge on any atom is 0.170 e. The SMILES string of the molecule is CCCCCCCCCCCCNC(=S)Nc1ccc(Br)cc1Cl. The molecule has 2 nitrogen and oxygen atoms in total. The Hall–Kier alpha value is -0.320. The Morgan fingerprint density at radius 3 is 2.17 bits per heavy atom. The molecule has 0 unspecified atom stereocenters. The summed E-state index contributed by atoms with van der Waals surface area (Å²) in [6, 6.07) is 5.72. The van der Waals surface area contributed by atoms with Crippen molar-refractivity contribution in [2.24, 2.45) is 0 Å². The minimum atomic E-state index is 0.634. The fraction of sp³-hybridized carbons (Fsp3) is 0.632. The Morgan fingerprint density at radius 2 is 1.58 bits per heavy atom. The van der Waals surface area contributed by atoms with Crippen LogP contribution in [0.3, 0.4) is 0 Å². The lowest BCUT2D eigenvalue weighted by molar-refractivity contribution is 0.555. The lowest BCUT2D eigenvalue weighted by Gasteiger charge is -2.12. The van der Waals surface area contributed by atoms with E-state index in [1.165, 1.54) is 57.8 Å². The number of unbranched alkanes of at least 4 members (excludes halogenated alkanes) is 9. The van der Waals surface area contributed by atoms with E-state index in [2.05, 4.69) is 33.5 Å². The third-order valence-corrected chi connectivity index (χ3v) is 5.05. The molecule has 0 spiro atoms. The minimum Gasteiger partial charge on any atom is -0.362 e. The number of anilines is 1. The van der Waals surface area contributed by atoms with Gasteiger partial charge in [-0.2, -0.15) is 0 Å². The first kappa shape index (κ1) is 21.7. The topological polar surface area (TPSA) is 24.1 Å². The standard InChI is InChI=1S/C19H30BrClN2S/c1-2-3-4-5-6-7-8-9-10-11-14-22-19(24)23-18-13-12-16(20)15-17(18)21/h12-13,15H,2-11,14H2,1H3,(H2,22,23,24). The molecule has 24 heavy (non-hydrogen) atoms. The molecule has 0 saturated carbocycles. The smallest absolute Gasteiger partial charge is 0.170 e. The van der Waals surface area contributed by atoms with E-state index in [0.717, 1.165) is 23.1 Å². The summed E-state index contributed by atoms with van der Waals surface area (Å²) in [5.41, 5.74) is 0.834. The van der Waals surface area contributed by atoms with Crippen LogP contribution in [0.5, 0.6) is 0 Å².